The lowest BCUT2D eigenvalue weighted by Crippen LogP contribution is -2.25. The van der Waals surface area contributed by atoms with Crippen LogP contribution >= 0.6 is 0 Å². The lowest BCUT2D eigenvalue weighted by atomic mass is 9.86. The number of benzene rings is 2. The predicted molar refractivity (Wildman–Crippen MR) is 108 cm³/mol. The fourth-order valence-corrected chi connectivity index (χ4v) is 3.98. The summed E-state index contributed by atoms with van der Waals surface area (Å²) in [6, 6.07) is 12.5. The first-order valence-electron chi connectivity index (χ1n) is 9.75. The largest absolute Gasteiger partial charge is 0.488 e. The van der Waals surface area contributed by atoms with Crippen LogP contribution in [0.3, 0.4) is 0 Å². The third kappa shape index (κ3) is 3.95. The van der Waals surface area contributed by atoms with Gasteiger partial charge in [0.05, 0.1) is 6.07 Å². The van der Waals surface area contributed by atoms with Gasteiger partial charge in [0.2, 0.25) is 0 Å². The van der Waals surface area contributed by atoms with Gasteiger partial charge in [0.1, 0.15) is 23.7 Å². The van der Waals surface area contributed by atoms with E-state index < -0.39 is 0 Å². The molecular formula is C24H29NO2. The van der Waals surface area contributed by atoms with Gasteiger partial charge in [-0.25, -0.2) is 0 Å². The highest BCUT2D eigenvalue weighted by Gasteiger charge is 2.36. The summed E-state index contributed by atoms with van der Waals surface area (Å²) < 4.78 is 12.7. The standard InChI is InChI=1S/C24H29NO2/c1-16(2)21-19(12-9-13-25)23-20(14-24(4,5)27-23)17(3)22(21)26-15-18-10-7-6-8-11-18/h6-8,10-11,16H,9,12,14-15H2,1-5H3. The van der Waals surface area contributed by atoms with Crippen molar-refractivity contribution in [3.05, 3.63) is 58.1 Å². The molecule has 0 radical (unpaired) electrons. The van der Waals surface area contributed by atoms with E-state index in [1.807, 2.05) is 18.2 Å². The Hall–Kier alpha value is -2.47. The van der Waals surface area contributed by atoms with Crippen LogP contribution in [-0.4, -0.2) is 5.60 Å². The molecule has 27 heavy (non-hydrogen) atoms. The van der Waals surface area contributed by atoms with Crippen molar-refractivity contribution >= 4 is 0 Å². The molecule has 0 bridgehead atoms. The summed E-state index contributed by atoms with van der Waals surface area (Å²) in [5.74, 6) is 2.26. The quantitative estimate of drug-likeness (QED) is 0.645. The maximum Gasteiger partial charge on any atom is 0.127 e. The molecule has 0 spiro atoms. The minimum Gasteiger partial charge on any atom is -0.488 e. The average Bonchev–Trinajstić information content (AvgIpc) is 2.96. The Morgan fingerprint density at radius 3 is 2.56 bits per heavy atom. The average molecular weight is 364 g/mol. The van der Waals surface area contributed by atoms with Crippen molar-refractivity contribution in [2.45, 2.75) is 72.0 Å². The molecule has 3 heteroatoms. The highest BCUT2D eigenvalue weighted by Crippen LogP contribution is 2.48. The summed E-state index contributed by atoms with van der Waals surface area (Å²) in [5, 5.41) is 9.16. The molecule has 0 N–H and O–H groups in total. The minimum absolute atomic E-state index is 0.221. The van der Waals surface area contributed by atoms with Crippen LogP contribution in [0.2, 0.25) is 0 Å². The minimum atomic E-state index is -0.221. The van der Waals surface area contributed by atoms with Crippen molar-refractivity contribution in [2.75, 3.05) is 0 Å². The van der Waals surface area contributed by atoms with E-state index in [0.717, 1.165) is 29.0 Å². The molecule has 0 aromatic heterocycles. The van der Waals surface area contributed by atoms with E-state index in [0.29, 0.717) is 25.4 Å². The summed E-state index contributed by atoms with van der Waals surface area (Å²) in [6.07, 6.45) is 2.05. The second-order valence-electron chi connectivity index (χ2n) is 8.28. The third-order valence-corrected chi connectivity index (χ3v) is 5.18. The fraction of sp³-hybridized carbons (Fsp3) is 0.458. The fourth-order valence-electron chi connectivity index (χ4n) is 3.98. The molecule has 0 unspecified atom stereocenters. The smallest absolute Gasteiger partial charge is 0.127 e. The molecule has 1 heterocycles. The van der Waals surface area contributed by atoms with Crippen LogP contribution in [0.15, 0.2) is 30.3 Å². The zero-order valence-corrected chi connectivity index (χ0v) is 17.1. The molecular weight excluding hydrogens is 334 g/mol. The van der Waals surface area contributed by atoms with Crippen molar-refractivity contribution < 1.29 is 9.47 Å². The predicted octanol–water partition coefficient (Wildman–Crippen LogP) is 5.87. The summed E-state index contributed by atoms with van der Waals surface area (Å²) in [7, 11) is 0. The Morgan fingerprint density at radius 2 is 1.93 bits per heavy atom. The summed E-state index contributed by atoms with van der Waals surface area (Å²) >= 11 is 0. The van der Waals surface area contributed by atoms with Gasteiger partial charge in [-0.15, -0.1) is 0 Å². The first-order valence-corrected chi connectivity index (χ1v) is 9.75. The Bertz CT molecular complexity index is 860. The van der Waals surface area contributed by atoms with Gasteiger partial charge < -0.3 is 9.47 Å². The maximum absolute atomic E-state index is 9.16. The normalized spacial score (nSPS) is 14.6. The van der Waals surface area contributed by atoms with E-state index in [1.54, 1.807) is 0 Å². The highest BCUT2D eigenvalue weighted by molar-refractivity contribution is 5.62. The SMILES string of the molecule is Cc1c2c(c(CCC#N)c(C(C)C)c1OCc1ccccc1)OC(C)(C)C2. The summed E-state index contributed by atoms with van der Waals surface area (Å²) in [6.45, 7) is 11.3. The Morgan fingerprint density at radius 1 is 1.22 bits per heavy atom. The first kappa shape index (κ1) is 19.3. The molecule has 1 aliphatic heterocycles. The van der Waals surface area contributed by atoms with Gasteiger partial charge in [0.25, 0.3) is 0 Å². The number of nitriles is 1. The summed E-state index contributed by atoms with van der Waals surface area (Å²) in [4.78, 5) is 0. The van der Waals surface area contributed by atoms with Crippen LogP contribution in [0.4, 0.5) is 0 Å². The molecule has 142 valence electrons. The van der Waals surface area contributed by atoms with E-state index in [-0.39, 0.29) is 5.60 Å². The Labute approximate surface area is 162 Å². The molecule has 0 fully saturated rings. The van der Waals surface area contributed by atoms with E-state index in [2.05, 4.69) is 52.8 Å². The Balaban J connectivity index is 2.10. The van der Waals surface area contributed by atoms with E-state index in [1.165, 1.54) is 16.7 Å². The molecule has 2 aromatic rings. The molecule has 3 nitrogen and oxygen atoms in total. The molecule has 3 rings (SSSR count). The van der Waals surface area contributed by atoms with Crippen LogP contribution in [0.5, 0.6) is 11.5 Å². The van der Waals surface area contributed by atoms with Gasteiger partial charge in [0.15, 0.2) is 0 Å². The van der Waals surface area contributed by atoms with Crippen LogP contribution in [0.1, 0.15) is 67.9 Å². The molecule has 1 aliphatic rings. The number of fused-ring (bicyclic) bond motifs is 1. The van der Waals surface area contributed by atoms with E-state index >= 15 is 0 Å². The molecule has 0 saturated carbocycles. The lowest BCUT2D eigenvalue weighted by molar-refractivity contribution is 0.137. The van der Waals surface area contributed by atoms with Crippen LogP contribution in [0, 0.1) is 18.3 Å². The highest BCUT2D eigenvalue weighted by atomic mass is 16.5. The van der Waals surface area contributed by atoms with Crippen molar-refractivity contribution in [3.63, 3.8) is 0 Å². The van der Waals surface area contributed by atoms with E-state index in [4.69, 9.17) is 14.7 Å². The third-order valence-electron chi connectivity index (χ3n) is 5.18. The number of ether oxygens (including phenoxy) is 2. The first-order chi connectivity index (χ1) is 12.8. The van der Waals surface area contributed by atoms with E-state index in [9.17, 15) is 0 Å². The topological polar surface area (TPSA) is 42.2 Å². The monoisotopic (exact) mass is 363 g/mol. The molecule has 0 amide bonds. The van der Waals surface area contributed by atoms with Gasteiger partial charge in [-0.2, -0.15) is 5.26 Å². The molecule has 0 aliphatic carbocycles. The van der Waals surface area contributed by atoms with Crippen LogP contribution in [0.25, 0.3) is 0 Å². The lowest BCUT2D eigenvalue weighted by Gasteiger charge is -2.24. The van der Waals surface area contributed by atoms with Crippen LogP contribution < -0.4 is 9.47 Å². The van der Waals surface area contributed by atoms with Gasteiger partial charge in [-0.3, -0.25) is 0 Å². The van der Waals surface area contributed by atoms with Crippen molar-refractivity contribution in [1.82, 2.24) is 0 Å². The molecule has 0 saturated heterocycles. The van der Waals surface area contributed by atoms with Crippen molar-refractivity contribution in [2.24, 2.45) is 0 Å². The molecule has 2 aromatic carbocycles. The van der Waals surface area contributed by atoms with Crippen molar-refractivity contribution in [1.29, 1.82) is 5.26 Å². The number of nitrogens with zero attached hydrogens (tertiary/aromatic N) is 1. The molecule has 0 atom stereocenters. The maximum atomic E-state index is 9.16. The van der Waals surface area contributed by atoms with Crippen LogP contribution in [-0.2, 0) is 19.4 Å². The zero-order valence-electron chi connectivity index (χ0n) is 17.1. The number of hydrogen-bond acceptors (Lipinski definition) is 3. The number of rotatable bonds is 6. The van der Waals surface area contributed by atoms with Gasteiger partial charge in [-0.05, 0) is 44.2 Å². The van der Waals surface area contributed by atoms with Gasteiger partial charge >= 0.3 is 0 Å². The summed E-state index contributed by atoms with van der Waals surface area (Å²) in [5.41, 5.74) is 5.69. The second-order valence-corrected chi connectivity index (χ2v) is 8.28. The zero-order chi connectivity index (χ0) is 19.6. The second kappa shape index (κ2) is 7.64. The number of hydrogen-bond donors (Lipinski definition) is 0. The van der Waals surface area contributed by atoms with Crippen molar-refractivity contribution in [3.8, 4) is 17.6 Å². The Kier molecular flexibility index (Phi) is 5.46. The van der Waals surface area contributed by atoms with Gasteiger partial charge in [0, 0.05) is 29.5 Å². The van der Waals surface area contributed by atoms with Gasteiger partial charge in [-0.1, -0.05) is 44.2 Å².